The summed E-state index contributed by atoms with van der Waals surface area (Å²) in [4.78, 5) is 4.73. The van der Waals surface area contributed by atoms with E-state index >= 15 is 0 Å². The van der Waals surface area contributed by atoms with Crippen LogP contribution in [0.1, 0.15) is 12.8 Å². The first-order chi connectivity index (χ1) is 5.79. The molecule has 68 valence electrons. The summed E-state index contributed by atoms with van der Waals surface area (Å²) in [6.45, 7) is 4.87. The topological polar surface area (TPSA) is 9.49 Å². The Hall–Kier alpha value is -0.730. The van der Waals surface area contributed by atoms with Crippen molar-refractivity contribution in [2.75, 3.05) is 40.3 Å². The van der Waals surface area contributed by atoms with Crippen LogP contribution in [-0.2, 0) is 0 Å². The van der Waals surface area contributed by atoms with E-state index in [0.717, 1.165) is 0 Å². The minimum Gasteiger partial charge on any atom is -0.265 e. The highest BCUT2D eigenvalue weighted by Crippen LogP contribution is 2.09. The van der Waals surface area contributed by atoms with Crippen LogP contribution < -0.4 is 0 Å². The van der Waals surface area contributed by atoms with E-state index in [1.807, 2.05) is 0 Å². The van der Waals surface area contributed by atoms with Gasteiger partial charge in [0.05, 0.1) is 40.3 Å². The first-order valence-electron chi connectivity index (χ1n) is 4.83. The van der Waals surface area contributed by atoms with Gasteiger partial charge in [0, 0.05) is 0 Å². The van der Waals surface area contributed by atoms with Crippen molar-refractivity contribution in [3.05, 3.63) is 0 Å². The van der Waals surface area contributed by atoms with Crippen molar-refractivity contribution in [2.24, 2.45) is 0 Å². The number of hydrogen-bond acceptors (Lipinski definition) is 0. The summed E-state index contributed by atoms with van der Waals surface area (Å²) in [5.74, 6) is 1.44. The maximum absolute atomic E-state index is 2.51. The van der Waals surface area contributed by atoms with Crippen molar-refractivity contribution in [3.8, 4) is 0 Å². The van der Waals surface area contributed by atoms with Crippen LogP contribution in [0.2, 0.25) is 0 Å². The summed E-state index contributed by atoms with van der Waals surface area (Å²) in [7, 11) is 4.38. The Morgan fingerprint density at radius 2 is 1.50 bits per heavy atom. The molecule has 2 heterocycles. The average molecular weight is 168 g/mol. The number of guanidine groups is 1. The summed E-state index contributed by atoms with van der Waals surface area (Å²) in [5, 5.41) is 0. The molecule has 0 aliphatic carbocycles. The second-order valence-corrected chi connectivity index (χ2v) is 3.84. The van der Waals surface area contributed by atoms with E-state index in [2.05, 4.69) is 28.5 Å². The number of hydrogen-bond donors (Lipinski definition) is 0. The van der Waals surface area contributed by atoms with Gasteiger partial charge in [-0.2, -0.15) is 0 Å². The largest absolute Gasteiger partial charge is 0.350 e. The molecule has 2 saturated heterocycles. The molecule has 0 saturated carbocycles. The number of rotatable bonds is 0. The smallest absolute Gasteiger partial charge is 0.265 e. The number of nitrogens with zero attached hydrogens (tertiary/aromatic N) is 3. The van der Waals surface area contributed by atoms with Gasteiger partial charge in [0.2, 0.25) is 0 Å². The van der Waals surface area contributed by atoms with E-state index in [1.54, 1.807) is 0 Å². The van der Waals surface area contributed by atoms with Gasteiger partial charge in [-0.05, 0) is 12.8 Å². The molecule has 12 heavy (non-hydrogen) atoms. The van der Waals surface area contributed by atoms with E-state index in [1.165, 1.54) is 45.0 Å². The van der Waals surface area contributed by atoms with Crippen LogP contribution in [0.3, 0.4) is 0 Å². The highest BCUT2D eigenvalue weighted by atomic mass is 15.4. The molecule has 0 N–H and O–H groups in total. The normalized spacial score (nSPS) is 24.5. The molecular weight excluding hydrogens is 150 g/mol. The fourth-order valence-electron chi connectivity index (χ4n) is 2.19. The molecule has 0 aromatic rings. The van der Waals surface area contributed by atoms with E-state index in [9.17, 15) is 0 Å². The van der Waals surface area contributed by atoms with Crippen molar-refractivity contribution in [2.45, 2.75) is 12.8 Å². The van der Waals surface area contributed by atoms with Gasteiger partial charge < -0.3 is 0 Å². The second kappa shape index (κ2) is 2.96. The molecule has 0 unspecified atom stereocenters. The fourth-order valence-corrected chi connectivity index (χ4v) is 2.19. The Morgan fingerprint density at radius 1 is 1.00 bits per heavy atom. The van der Waals surface area contributed by atoms with Gasteiger partial charge in [0.25, 0.3) is 0 Å². The van der Waals surface area contributed by atoms with Crippen LogP contribution in [0, 0.1) is 0 Å². The molecule has 0 bridgehead atoms. The SMILES string of the molecule is CN1CCN(C)C1=[N+]1CCCC1. The molecule has 2 aliphatic heterocycles. The second-order valence-electron chi connectivity index (χ2n) is 3.84. The summed E-state index contributed by atoms with van der Waals surface area (Å²) in [6, 6.07) is 0. The molecule has 0 radical (unpaired) electrons. The minimum absolute atomic E-state index is 1.18. The monoisotopic (exact) mass is 168 g/mol. The lowest BCUT2D eigenvalue weighted by atomic mass is 10.4. The van der Waals surface area contributed by atoms with Crippen LogP contribution in [0.4, 0.5) is 0 Å². The third-order valence-corrected chi connectivity index (χ3v) is 2.84. The van der Waals surface area contributed by atoms with Gasteiger partial charge in [-0.15, -0.1) is 0 Å². The fraction of sp³-hybridized carbons (Fsp3) is 0.889. The Bertz CT molecular complexity index is 190. The van der Waals surface area contributed by atoms with Crippen molar-refractivity contribution in [1.29, 1.82) is 0 Å². The predicted octanol–water partition coefficient (Wildman–Crippen LogP) is 0.0259. The van der Waals surface area contributed by atoms with Crippen LogP contribution in [0.25, 0.3) is 0 Å². The van der Waals surface area contributed by atoms with Crippen LogP contribution >= 0.6 is 0 Å². The van der Waals surface area contributed by atoms with Gasteiger partial charge in [-0.1, -0.05) is 0 Å². The Morgan fingerprint density at radius 3 is 2.00 bits per heavy atom. The predicted molar refractivity (Wildman–Crippen MR) is 49.5 cm³/mol. The minimum atomic E-state index is 1.18. The molecule has 0 aromatic carbocycles. The quantitative estimate of drug-likeness (QED) is 0.472. The van der Waals surface area contributed by atoms with Crippen LogP contribution in [0.15, 0.2) is 0 Å². The van der Waals surface area contributed by atoms with Crippen molar-refractivity contribution in [1.82, 2.24) is 9.80 Å². The highest BCUT2D eigenvalue weighted by molar-refractivity contribution is 5.76. The Kier molecular flexibility index (Phi) is 1.95. The van der Waals surface area contributed by atoms with Gasteiger partial charge in [0.15, 0.2) is 0 Å². The summed E-state index contributed by atoms with van der Waals surface area (Å²) >= 11 is 0. The maximum Gasteiger partial charge on any atom is 0.350 e. The molecule has 0 aromatic heterocycles. The van der Waals surface area contributed by atoms with E-state index in [-0.39, 0.29) is 0 Å². The molecule has 3 heteroatoms. The van der Waals surface area contributed by atoms with Crippen LogP contribution in [-0.4, -0.2) is 60.6 Å². The summed E-state index contributed by atoms with van der Waals surface area (Å²) < 4.78 is 2.51. The van der Waals surface area contributed by atoms with Gasteiger partial charge in [-0.25, -0.2) is 0 Å². The first kappa shape index (κ1) is 7.90. The first-order valence-corrected chi connectivity index (χ1v) is 4.83. The Labute approximate surface area is 74.3 Å². The highest BCUT2D eigenvalue weighted by Gasteiger charge is 2.31. The molecule has 3 nitrogen and oxygen atoms in total. The number of likely N-dealkylation sites (N-methyl/N-ethyl adjacent to an activating group) is 2. The molecule has 2 aliphatic rings. The summed E-state index contributed by atoms with van der Waals surface area (Å²) in [6.07, 6.45) is 2.73. The maximum atomic E-state index is 2.51. The summed E-state index contributed by atoms with van der Waals surface area (Å²) in [5.41, 5.74) is 0. The lowest BCUT2D eigenvalue weighted by Gasteiger charge is -2.12. The standard InChI is InChI=1S/C9H18N3/c1-10-7-8-11(2)9(10)12-5-3-4-6-12/h3-8H2,1-2H3/q+1. The average Bonchev–Trinajstić information content (AvgIpc) is 2.61. The molecule has 0 spiro atoms. The molecule has 0 atom stereocenters. The lowest BCUT2D eigenvalue weighted by Crippen LogP contribution is -2.37. The zero-order valence-corrected chi connectivity index (χ0v) is 8.08. The lowest BCUT2D eigenvalue weighted by molar-refractivity contribution is -0.515. The third kappa shape index (κ3) is 1.17. The van der Waals surface area contributed by atoms with Crippen molar-refractivity contribution < 1.29 is 4.58 Å². The molecular formula is C9H18N3+. The van der Waals surface area contributed by atoms with Crippen molar-refractivity contribution in [3.63, 3.8) is 0 Å². The molecule has 0 amide bonds. The van der Waals surface area contributed by atoms with Crippen molar-refractivity contribution >= 4 is 5.96 Å². The molecule has 2 rings (SSSR count). The van der Waals surface area contributed by atoms with E-state index in [0.29, 0.717) is 0 Å². The van der Waals surface area contributed by atoms with Gasteiger partial charge in [0.1, 0.15) is 0 Å². The molecule has 2 fully saturated rings. The van der Waals surface area contributed by atoms with Gasteiger partial charge >= 0.3 is 5.96 Å². The zero-order chi connectivity index (χ0) is 8.55. The zero-order valence-electron chi connectivity index (χ0n) is 8.08. The van der Waals surface area contributed by atoms with Gasteiger partial charge in [-0.3, -0.25) is 14.4 Å². The van der Waals surface area contributed by atoms with E-state index < -0.39 is 0 Å². The Balaban J connectivity index is 2.23. The van der Waals surface area contributed by atoms with E-state index in [4.69, 9.17) is 0 Å². The third-order valence-electron chi connectivity index (χ3n) is 2.84. The van der Waals surface area contributed by atoms with Crippen LogP contribution in [0.5, 0.6) is 0 Å².